The maximum absolute atomic E-state index is 13.0. The van der Waals surface area contributed by atoms with Crippen LogP contribution in [0.25, 0.3) is 0 Å². The van der Waals surface area contributed by atoms with E-state index in [0.29, 0.717) is 13.1 Å². The summed E-state index contributed by atoms with van der Waals surface area (Å²) in [6, 6.07) is 3.95. The molecule has 0 aliphatic carbocycles. The van der Waals surface area contributed by atoms with Gasteiger partial charge >= 0.3 is 6.03 Å². The van der Waals surface area contributed by atoms with Crippen LogP contribution in [0, 0.1) is 5.41 Å². The fraction of sp³-hybridized carbons (Fsp3) is 0.611. The molecule has 2 fully saturated rings. The van der Waals surface area contributed by atoms with Gasteiger partial charge in [-0.05, 0) is 50.8 Å². The molecule has 0 bridgehead atoms. The molecule has 0 aromatic carbocycles. The third-order valence-corrected chi connectivity index (χ3v) is 5.00. The highest BCUT2D eigenvalue weighted by Gasteiger charge is 2.49. The van der Waals surface area contributed by atoms with Gasteiger partial charge < -0.3 is 15.1 Å². The lowest BCUT2D eigenvalue weighted by molar-refractivity contribution is -0.138. The highest BCUT2D eigenvalue weighted by molar-refractivity contribution is 5.86. The third-order valence-electron chi connectivity index (χ3n) is 5.00. The van der Waals surface area contributed by atoms with Crippen LogP contribution in [0.5, 0.6) is 0 Å². The van der Waals surface area contributed by atoms with E-state index in [-0.39, 0.29) is 23.4 Å². The summed E-state index contributed by atoms with van der Waals surface area (Å²) in [5, 5.41) is 2.94. The van der Waals surface area contributed by atoms with Gasteiger partial charge in [0.25, 0.3) is 0 Å². The van der Waals surface area contributed by atoms with Gasteiger partial charge in [-0.3, -0.25) is 9.78 Å². The Balaban J connectivity index is 1.67. The van der Waals surface area contributed by atoms with Gasteiger partial charge in [0, 0.05) is 44.6 Å². The average Bonchev–Trinajstić information content (AvgIpc) is 2.85. The molecular formula is C18H26N4O2. The summed E-state index contributed by atoms with van der Waals surface area (Å²) in [6.45, 7) is 6.57. The van der Waals surface area contributed by atoms with Crippen molar-refractivity contribution in [3.63, 3.8) is 0 Å². The van der Waals surface area contributed by atoms with E-state index in [9.17, 15) is 9.59 Å². The Morgan fingerprint density at radius 2 is 2.04 bits per heavy atom. The molecule has 1 atom stereocenters. The Morgan fingerprint density at radius 1 is 1.29 bits per heavy atom. The Hall–Kier alpha value is -2.11. The van der Waals surface area contributed by atoms with Crippen molar-refractivity contribution >= 4 is 11.9 Å². The van der Waals surface area contributed by atoms with Crippen LogP contribution in [0.15, 0.2) is 24.5 Å². The molecule has 1 unspecified atom stereocenters. The van der Waals surface area contributed by atoms with E-state index >= 15 is 0 Å². The number of piperidine rings is 1. The zero-order chi connectivity index (χ0) is 17.2. The van der Waals surface area contributed by atoms with Crippen LogP contribution >= 0.6 is 0 Å². The summed E-state index contributed by atoms with van der Waals surface area (Å²) in [7, 11) is 0. The predicted molar refractivity (Wildman–Crippen MR) is 91.2 cm³/mol. The van der Waals surface area contributed by atoms with Gasteiger partial charge in [0.2, 0.25) is 5.91 Å². The van der Waals surface area contributed by atoms with Crippen LogP contribution < -0.4 is 5.32 Å². The molecule has 2 aliphatic heterocycles. The lowest BCUT2D eigenvalue weighted by Crippen LogP contribution is -2.53. The molecule has 1 N–H and O–H groups in total. The Morgan fingerprint density at radius 3 is 2.75 bits per heavy atom. The molecule has 6 nitrogen and oxygen atoms in total. The first-order valence-electron chi connectivity index (χ1n) is 8.74. The monoisotopic (exact) mass is 330 g/mol. The van der Waals surface area contributed by atoms with Crippen molar-refractivity contribution in [2.24, 2.45) is 5.41 Å². The molecule has 0 saturated carbocycles. The number of carbonyl (C=O) groups excluding carboxylic acids is 2. The van der Waals surface area contributed by atoms with Crippen LogP contribution in [0.3, 0.4) is 0 Å². The van der Waals surface area contributed by atoms with Crippen LogP contribution in [0.2, 0.25) is 0 Å². The molecule has 6 heteroatoms. The van der Waals surface area contributed by atoms with E-state index in [2.05, 4.69) is 10.3 Å². The van der Waals surface area contributed by atoms with Gasteiger partial charge in [0.1, 0.15) is 0 Å². The number of pyridine rings is 1. The second kappa shape index (κ2) is 6.79. The van der Waals surface area contributed by atoms with Crippen molar-refractivity contribution in [2.75, 3.05) is 19.6 Å². The Labute approximate surface area is 143 Å². The molecule has 1 aromatic rings. The van der Waals surface area contributed by atoms with Crippen molar-refractivity contribution in [3.05, 3.63) is 30.1 Å². The molecule has 2 aliphatic rings. The summed E-state index contributed by atoms with van der Waals surface area (Å²) in [6.07, 6.45) is 6.11. The first-order chi connectivity index (χ1) is 11.5. The van der Waals surface area contributed by atoms with Gasteiger partial charge in [-0.25, -0.2) is 4.79 Å². The van der Waals surface area contributed by atoms with E-state index in [1.54, 1.807) is 12.4 Å². The lowest BCUT2D eigenvalue weighted by Gasteiger charge is -2.39. The van der Waals surface area contributed by atoms with E-state index in [1.165, 1.54) is 0 Å². The van der Waals surface area contributed by atoms with Gasteiger partial charge in [-0.1, -0.05) is 0 Å². The van der Waals surface area contributed by atoms with Crippen LogP contribution in [0.1, 0.15) is 38.7 Å². The van der Waals surface area contributed by atoms with Gasteiger partial charge in [-0.2, -0.15) is 0 Å². The van der Waals surface area contributed by atoms with Crippen molar-refractivity contribution in [1.82, 2.24) is 20.1 Å². The summed E-state index contributed by atoms with van der Waals surface area (Å²) < 4.78 is 0. The lowest BCUT2D eigenvalue weighted by atomic mass is 9.78. The number of hydrogen-bond donors (Lipinski definition) is 1. The number of aromatic nitrogens is 1. The molecule has 24 heavy (non-hydrogen) atoms. The number of likely N-dealkylation sites (tertiary alicyclic amines) is 2. The summed E-state index contributed by atoms with van der Waals surface area (Å²) in [5.41, 5.74) is 0.709. The zero-order valence-electron chi connectivity index (χ0n) is 14.5. The standard InChI is InChI=1S/C18H26N4O2/c1-14(2)20-17(24)22-10-3-6-18(13-22)7-11-21(16(18)23)12-15-4-8-19-9-5-15/h4-5,8-9,14H,3,6-7,10-13H2,1-2H3,(H,20,24). The SMILES string of the molecule is CC(C)NC(=O)N1CCCC2(CCN(Cc3ccncc3)C2=O)C1. The number of amides is 3. The smallest absolute Gasteiger partial charge is 0.317 e. The molecule has 1 spiro atoms. The number of nitrogens with one attached hydrogen (secondary N) is 1. The van der Waals surface area contributed by atoms with Gasteiger partial charge in [0.05, 0.1) is 5.41 Å². The van der Waals surface area contributed by atoms with Gasteiger partial charge in [0.15, 0.2) is 0 Å². The van der Waals surface area contributed by atoms with Crippen LogP contribution in [-0.4, -0.2) is 52.4 Å². The van der Waals surface area contributed by atoms with Crippen LogP contribution in [-0.2, 0) is 11.3 Å². The molecule has 3 rings (SSSR count). The topological polar surface area (TPSA) is 65.5 Å². The first kappa shape index (κ1) is 16.7. The molecular weight excluding hydrogens is 304 g/mol. The summed E-state index contributed by atoms with van der Waals surface area (Å²) in [5.74, 6) is 0.196. The minimum atomic E-state index is -0.389. The second-order valence-electron chi connectivity index (χ2n) is 7.24. The maximum Gasteiger partial charge on any atom is 0.317 e. The average molecular weight is 330 g/mol. The van der Waals surface area contributed by atoms with E-state index in [4.69, 9.17) is 0 Å². The summed E-state index contributed by atoms with van der Waals surface area (Å²) >= 11 is 0. The van der Waals surface area contributed by atoms with Crippen molar-refractivity contribution in [2.45, 2.75) is 45.7 Å². The molecule has 3 heterocycles. The number of hydrogen-bond acceptors (Lipinski definition) is 3. The fourth-order valence-corrected chi connectivity index (χ4v) is 3.77. The minimum Gasteiger partial charge on any atom is -0.338 e. The second-order valence-corrected chi connectivity index (χ2v) is 7.24. The number of carbonyl (C=O) groups is 2. The van der Waals surface area contributed by atoms with Crippen molar-refractivity contribution < 1.29 is 9.59 Å². The van der Waals surface area contributed by atoms with Gasteiger partial charge in [-0.15, -0.1) is 0 Å². The maximum atomic E-state index is 13.0. The number of urea groups is 1. The Kier molecular flexibility index (Phi) is 4.73. The number of rotatable bonds is 3. The molecule has 0 radical (unpaired) electrons. The molecule has 3 amide bonds. The predicted octanol–water partition coefficient (Wildman–Crippen LogP) is 2.01. The van der Waals surface area contributed by atoms with Crippen LogP contribution in [0.4, 0.5) is 4.79 Å². The van der Waals surface area contributed by atoms with E-state index in [0.717, 1.165) is 37.9 Å². The van der Waals surface area contributed by atoms with Crippen molar-refractivity contribution in [3.8, 4) is 0 Å². The van der Waals surface area contributed by atoms with E-state index in [1.807, 2.05) is 35.8 Å². The Bertz CT molecular complexity index is 604. The third kappa shape index (κ3) is 3.37. The normalized spacial score (nSPS) is 24.0. The van der Waals surface area contributed by atoms with Crippen molar-refractivity contribution in [1.29, 1.82) is 0 Å². The number of nitrogens with zero attached hydrogens (tertiary/aromatic N) is 3. The van der Waals surface area contributed by atoms with E-state index < -0.39 is 0 Å². The first-order valence-corrected chi connectivity index (χ1v) is 8.74. The fourth-order valence-electron chi connectivity index (χ4n) is 3.77. The highest BCUT2D eigenvalue weighted by atomic mass is 16.2. The highest BCUT2D eigenvalue weighted by Crippen LogP contribution is 2.40. The summed E-state index contributed by atoms with van der Waals surface area (Å²) in [4.78, 5) is 33.1. The zero-order valence-corrected chi connectivity index (χ0v) is 14.5. The molecule has 1 aromatic heterocycles. The quantitative estimate of drug-likeness (QED) is 0.922. The largest absolute Gasteiger partial charge is 0.338 e. The minimum absolute atomic E-state index is 0.0514. The molecule has 2 saturated heterocycles. The molecule has 130 valence electrons.